The number of fused-ring (bicyclic) bond motifs is 3. The Kier molecular flexibility index (Phi) is 6.40. The largest absolute Gasteiger partial charge is 0.480 e. The number of hydrogen-bond donors (Lipinski definition) is 2. The van der Waals surface area contributed by atoms with Gasteiger partial charge in [-0.2, -0.15) is 0 Å². The van der Waals surface area contributed by atoms with Crippen LogP contribution in [-0.2, 0) is 14.3 Å². The fourth-order valence-corrected chi connectivity index (χ4v) is 4.88. The van der Waals surface area contributed by atoms with Gasteiger partial charge in [-0.1, -0.05) is 62.4 Å². The molecule has 0 aromatic heterocycles. The second-order valence-electron chi connectivity index (χ2n) is 9.36. The standard InChI is InChI=1S/C26H30N2O5/c1-17(2)14-28(15-23(29)30)24(31)26(12-7-13-26)27-25(32)33-16-22-20-10-5-3-8-18(20)19-9-4-6-11-21(19)22/h3-6,8-11,17,22H,7,12-16H2,1-2H3,(H,27,32)(H,29,30). The maximum absolute atomic E-state index is 13.2. The minimum Gasteiger partial charge on any atom is -0.480 e. The number of carbonyl (C=O) groups excluding carboxylic acids is 2. The summed E-state index contributed by atoms with van der Waals surface area (Å²) in [6, 6.07) is 16.2. The van der Waals surface area contributed by atoms with Crippen LogP contribution in [0.3, 0.4) is 0 Å². The highest BCUT2D eigenvalue weighted by Crippen LogP contribution is 2.44. The highest BCUT2D eigenvalue weighted by atomic mass is 16.5. The molecule has 1 fully saturated rings. The van der Waals surface area contributed by atoms with Crippen molar-refractivity contribution >= 4 is 18.0 Å². The third-order valence-corrected chi connectivity index (χ3v) is 6.50. The number of ether oxygens (including phenoxy) is 1. The van der Waals surface area contributed by atoms with Gasteiger partial charge in [-0.3, -0.25) is 9.59 Å². The normalized spacial score (nSPS) is 15.8. The van der Waals surface area contributed by atoms with Crippen molar-refractivity contribution in [3.63, 3.8) is 0 Å². The van der Waals surface area contributed by atoms with Gasteiger partial charge >= 0.3 is 12.1 Å². The number of carboxylic acids is 1. The Hall–Kier alpha value is -3.35. The second kappa shape index (κ2) is 9.25. The van der Waals surface area contributed by atoms with Crippen LogP contribution in [0.4, 0.5) is 4.79 Å². The molecule has 0 aliphatic heterocycles. The van der Waals surface area contributed by atoms with Crippen molar-refractivity contribution < 1.29 is 24.2 Å². The van der Waals surface area contributed by atoms with Gasteiger partial charge in [-0.05, 0) is 47.4 Å². The van der Waals surface area contributed by atoms with Crippen molar-refractivity contribution in [1.29, 1.82) is 0 Å². The van der Waals surface area contributed by atoms with Crippen LogP contribution < -0.4 is 5.32 Å². The predicted molar refractivity (Wildman–Crippen MR) is 124 cm³/mol. The van der Waals surface area contributed by atoms with Crippen LogP contribution in [0.2, 0.25) is 0 Å². The van der Waals surface area contributed by atoms with Gasteiger partial charge in [0.05, 0.1) is 0 Å². The van der Waals surface area contributed by atoms with Crippen LogP contribution in [-0.4, -0.2) is 53.2 Å². The van der Waals surface area contributed by atoms with Gasteiger partial charge < -0.3 is 20.1 Å². The van der Waals surface area contributed by atoms with Crippen molar-refractivity contribution in [3.05, 3.63) is 59.7 Å². The number of alkyl carbamates (subject to hydrolysis) is 1. The highest BCUT2D eigenvalue weighted by molar-refractivity contribution is 5.92. The molecular weight excluding hydrogens is 420 g/mol. The fourth-order valence-electron chi connectivity index (χ4n) is 4.88. The third kappa shape index (κ3) is 4.58. The quantitative estimate of drug-likeness (QED) is 0.633. The average Bonchev–Trinajstić information content (AvgIpc) is 3.07. The van der Waals surface area contributed by atoms with Crippen molar-refractivity contribution in [3.8, 4) is 11.1 Å². The highest BCUT2D eigenvalue weighted by Gasteiger charge is 2.48. The van der Waals surface area contributed by atoms with E-state index in [1.165, 1.54) is 4.90 Å². The van der Waals surface area contributed by atoms with Crippen molar-refractivity contribution in [2.24, 2.45) is 5.92 Å². The SMILES string of the molecule is CC(C)CN(CC(=O)O)C(=O)C1(NC(=O)OCC2c3ccccc3-c3ccccc32)CCC1. The van der Waals surface area contributed by atoms with Gasteiger partial charge in [0.1, 0.15) is 18.7 Å². The molecule has 4 rings (SSSR count). The summed E-state index contributed by atoms with van der Waals surface area (Å²) in [4.78, 5) is 38.6. The lowest BCUT2D eigenvalue weighted by molar-refractivity contribution is -0.150. The number of carboxylic acid groups (broad SMARTS) is 1. The number of carbonyl (C=O) groups is 3. The van der Waals surface area contributed by atoms with Crippen LogP contribution in [0.15, 0.2) is 48.5 Å². The van der Waals surface area contributed by atoms with Crippen LogP contribution >= 0.6 is 0 Å². The van der Waals surface area contributed by atoms with E-state index in [0.717, 1.165) is 28.7 Å². The minimum absolute atomic E-state index is 0.0689. The lowest BCUT2D eigenvalue weighted by Crippen LogP contribution is -2.64. The molecule has 0 atom stereocenters. The van der Waals surface area contributed by atoms with Gasteiger partial charge in [0.2, 0.25) is 5.91 Å². The van der Waals surface area contributed by atoms with E-state index < -0.39 is 17.6 Å². The average molecular weight is 451 g/mol. The Balaban J connectivity index is 1.45. The number of benzene rings is 2. The van der Waals surface area contributed by atoms with E-state index in [1.807, 2.05) is 50.2 Å². The number of aliphatic carboxylic acids is 1. The molecule has 0 saturated heterocycles. The lowest BCUT2D eigenvalue weighted by atomic mass is 9.75. The lowest BCUT2D eigenvalue weighted by Gasteiger charge is -2.43. The molecule has 2 aromatic carbocycles. The van der Waals surface area contributed by atoms with Gasteiger partial charge in [-0.25, -0.2) is 4.79 Å². The molecule has 0 spiro atoms. The first kappa shape index (κ1) is 22.8. The smallest absolute Gasteiger partial charge is 0.408 e. The summed E-state index contributed by atoms with van der Waals surface area (Å²) in [5.74, 6) is -1.38. The summed E-state index contributed by atoms with van der Waals surface area (Å²) in [6.07, 6.45) is 1.09. The van der Waals surface area contributed by atoms with E-state index in [2.05, 4.69) is 17.4 Å². The molecule has 2 N–H and O–H groups in total. The zero-order chi connectivity index (χ0) is 23.6. The van der Waals surface area contributed by atoms with E-state index in [-0.39, 0.29) is 30.9 Å². The first-order valence-corrected chi connectivity index (χ1v) is 11.4. The van der Waals surface area contributed by atoms with E-state index in [1.54, 1.807) is 0 Å². The Morgan fingerprint density at radius 1 is 1.06 bits per heavy atom. The number of amides is 2. The van der Waals surface area contributed by atoms with Crippen molar-refractivity contribution in [2.45, 2.75) is 44.6 Å². The number of rotatable bonds is 8. The summed E-state index contributed by atoms with van der Waals surface area (Å²) in [7, 11) is 0. The molecule has 1 saturated carbocycles. The molecule has 2 aliphatic rings. The predicted octanol–water partition coefficient (Wildman–Crippen LogP) is 4.02. The monoisotopic (exact) mass is 450 g/mol. The van der Waals surface area contributed by atoms with Crippen molar-refractivity contribution in [1.82, 2.24) is 10.2 Å². The summed E-state index contributed by atoms with van der Waals surface area (Å²) in [5, 5.41) is 12.0. The summed E-state index contributed by atoms with van der Waals surface area (Å²) < 4.78 is 5.63. The fraction of sp³-hybridized carbons (Fsp3) is 0.423. The maximum Gasteiger partial charge on any atom is 0.408 e. The van der Waals surface area contributed by atoms with Gasteiger partial charge in [0.15, 0.2) is 0 Å². The molecule has 33 heavy (non-hydrogen) atoms. The topological polar surface area (TPSA) is 95.9 Å². The molecule has 0 heterocycles. The zero-order valence-corrected chi connectivity index (χ0v) is 19.0. The first-order valence-electron chi connectivity index (χ1n) is 11.4. The Morgan fingerprint density at radius 2 is 1.64 bits per heavy atom. The first-order chi connectivity index (χ1) is 15.8. The Labute approximate surface area is 193 Å². The minimum atomic E-state index is -1.09. The second-order valence-corrected chi connectivity index (χ2v) is 9.36. The van der Waals surface area contributed by atoms with E-state index in [0.29, 0.717) is 19.4 Å². The van der Waals surface area contributed by atoms with Gasteiger partial charge in [0, 0.05) is 12.5 Å². The molecule has 2 aromatic rings. The molecule has 7 nitrogen and oxygen atoms in total. The van der Waals surface area contributed by atoms with E-state index >= 15 is 0 Å². The van der Waals surface area contributed by atoms with Crippen LogP contribution in [0.25, 0.3) is 11.1 Å². The number of nitrogens with one attached hydrogen (secondary N) is 1. The number of hydrogen-bond acceptors (Lipinski definition) is 4. The summed E-state index contributed by atoms with van der Waals surface area (Å²) in [5.41, 5.74) is 3.43. The molecular formula is C26H30N2O5. The van der Waals surface area contributed by atoms with Gasteiger partial charge in [0.25, 0.3) is 0 Å². The van der Waals surface area contributed by atoms with E-state index in [4.69, 9.17) is 4.74 Å². The molecule has 0 bridgehead atoms. The number of nitrogens with zero attached hydrogens (tertiary/aromatic N) is 1. The molecule has 2 amide bonds. The maximum atomic E-state index is 13.2. The van der Waals surface area contributed by atoms with Crippen LogP contribution in [0, 0.1) is 5.92 Å². The Bertz CT molecular complexity index is 1010. The van der Waals surface area contributed by atoms with E-state index in [9.17, 15) is 19.5 Å². The van der Waals surface area contributed by atoms with Gasteiger partial charge in [-0.15, -0.1) is 0 Å². The van der Waals surface area contributed by atoms with Crippen LogP contribution in [0.5, 0.6) is 0 Å². The Morgan fingerprint density at radius 3 is 2.12 bits per heavy atom. The molecule has 0 unspecified atom stereocenters. The van der Waals surface area contributed by atoms with Crippen molar-refractivity contribution in [2.75, 3.05) is 19.7 Å². The molecule has 2 aliphatic carbocycles. The zero-order valence-electron chi connectivity index (χ0n) is 19.0. The summed E-state index contributed by atoms with van der Waals surface area (Å²) >= 11 is 0. The van der Waals surface area contributed by atoms with Crippen LogP contribution in [0.1, 0.15) is 50.2 Å². The molecule has 0 radical (unpaired) electrons. The molecule has 7 heteroatoms. The molecule has 174 valence electrons. The summed E-state index contributed by atoms with van der Waals surface area (Å²) in [6.45, 7) is 3.95. The third-order valence-electron chi connectivity index (χ3n) is 6.50.